The first-order valence-electron chi connectivity index (χ1n) is 9.40. The lowest BCUT2D eigenvalue weighted by atomic mass is 9.77. The number of likely N-dealkylation sites (N-methyl/N-ethyl adjacent to an activating group) is 1. The molecule has 1 aromatic heterocycles. The second-order valence-corrected chi connectivity index (χ2v) is 7.31. The largest absolute Gasteiger partial charge is 0.491 e. The highest BCUT2D eigenvalue weighted by Crippen LogP contribution is 2.52. The summed E-state index contributed by atoms with van der Waals surface area (Å²) in [6, 6.07) is 11.4. The van der Waals surface area contributed by atoms with Crippen molar-refractivity contribution >= 4 is 28.4 Å². The highest BCUT2D eigenvalue weighted by Gasteiger charge is 2.56. The molecular weight excluding hydrogens is 358 g/mol. The van der Waals surface area contributed by atoms with Gasteiger partial charge < -0.3 is 24.6 Å². The smallest absolute Gasteiger partial charge is 0.245 e. The van der Waals surface area contributed by atoms with Gasteiger partial charge in [-0.3, -0.25) is 4.79 Å². The number of aromatic nitrogens is 1. The SMILES string of the molecule is C1CCOC1.CN1C(=O)C2(COc3cc4onc(N)c4cc32)c2ccccc21. The quantitative estimate of drug-likeness (QED) is 0.646. The van der Waals surface area contributed by atoms with E-state index in [-0.39, 0.29) is 12.5 Å². The molecule has 0 bridgehead atoms. The number of rotatable bonds is 0. The summed E-state index contributed by atoms with van der Waals surface area (Å²) >= 11 is 0. The van der Waals surface area contributed by atoms with E-state index in [1.54, 1.807) is 18.0 Å². The maximum atomic E-state index is 13.1. The predicted molar refractivity (Wildman–Crippen MR) is 105 cm³/mol. The van der Waals surface area contributed by atoms with Crippen LogP contribution in [0.5, 0.6) is 5.75 Å². The van der Waals surface area contributed by atoms with Gasteiger partial charge in [0.2, 0.25) is 5.91 Å². The van der Waals surface area contributed by atoms with Gasteiger partial charge in [-0.2, -0.15) is 0 Å². The molecule has 0 radical (unpaired) electrons. The van der Waals surface area contributed by atoms with Crippen LogP contribution in [0.15, 0.2) is 40.9 Å². The molecule has 6 rings (SSSR count). The van der Waals surface area contributed by atoms with E-state index in [1.807, 2.05) is 30.3 Å². The molecule has 144 valence electrons. The summed E-state index contributed by atoms with van der Waals surface area (Å²) in [5.41, 5.74) is 8.30. The first-order chi connectivity index (χ1) is 13.6. The lowest BCUT2D eigenvalue weighted by molar-refractivity contribution is -0.121. The van der Waals surface area contributed by atoms with Gasteiger partial charge in [-0.1, -0.05) is 23.4 Å². The standard InChI is InChI=1S/C17H13N3O3.C4H8O/c1-20-12-5-3-2-4-10(12)17(16(20)21)8-22-14-7-13-9(6-11(14)17)15(18)19-23-13;1-2-4-5-3-1/h2-7H,8H2,1H3,(H2,18,19);1-4H2. The molecule has 1 fully saturated rings. The minimum atomic E-state index is -0.821. The molecule has 28 heavy (non-hydrogen) atoms. The molecule has 1 unspecified atom stereocenters. The van der Waals surface area contributed by atoms with Gasteiger partial charge in [-0.15, -0.1) is 0 Å². The molecule has 7 nitrogen and oxygen atoms in total. The van der Waals surface area contributed by atoms with Gasteiger partial charge in [-0.25, -0.2) is 0 Å². The third kappa shape index (κ3) is 2.26. The van der Waals surface area contributed by atoms with Crippen molar-refractivity contribution in [1.82, 2.24) is 5.16 Å². The van der Waals surface area contributed by atoms with Gasteiger partial charge >= 0.3 is 0 Å². The van der Waals surface area contributed by atoms with Crippen molar-refractivity contribution in [3.63, 3.8) is 0 Å². The minimum absolute atomic E-state index is 0.00632. The number of carbonyl (C=O) groups is 1. The fourth-order valence-corrected chi connectivity index (χ4v) is 4.25. The van der Waals surface area contributed by atoms with E-state index in [4.69, 9.17) is 19.7 Å². The van der Waals surface area contributed by atoms with Crippen LogP contribution in [0.25, 0.3) is 11.0 Å². The fourth-order valence-electron chi connectivity index (χ4n) is 4.25. The van der Waals surface area contributed by atoms with Crippen molar-refractivity contribution in [3.8, 4) is 5.75 Å². The molecule has 3 aliphatic rings. The summed E-state index contributed by atoms with van der Waals surface area (Å²) in [6.07, 6.45) is 2.56. The zero-order valence-corrected chi connectivity index (χ0v) is 15.6. The maximum absolute atomic E-state index is 13.1. The maximum Gasteiger partial charge on any atom is 0.245 e. The Morgan fingerprint density at radius 2 is 1.93 bits per heavy atom. The first-order valence-corrected chi connectivity index (χ1v) is 9.40. The van der Waals surface area contributed by atoms with Crippen molar-refractivity contribution in [2.75, 3.05) is 37.5 Å². The van der Waals surface area contributed by atoms with Gasteiger partial charge in [-0.05, 0) is 30.5 Å². The molecule has 7 heteroatoms. The Morgan fingerprint density at radius 1 is 1.14 bits per heavy atom. The molecule has 0 saturated carbocycles. The van der Waals surface area contributed by atoms with Crippen LogP contribution in [-0.2, 0) is 14.9 Å². The molecule has 3 aromatic rings. The fraction of sp³-hybridized carbons (Fsp3) is 0.333. The molecule has 2 aromatic carbocycles. The molecule has 2 N–H and O–H groups in total. The van der Waals surface area contributed by atoms with Gasteiger partial charge in [0.15, 0.2) is 11.4 Å². The van der Waals surface area contributed by atoms with Crippen LogP contribution in [0.3, 0.4) is 0 Å². The normalized spacial score (nSPS) is 22.2. The molecule has 3 aliphatic heterocycles. The average Bonchev–Trinajstić information content (AvgIpc) is 3.50. The third-order valence-electron chi connectivity index (χ3n) is 5.73. The average molecular weight is 379 g/mol. The Hall–Kier alpha value is -3.06. The lowest BCUT2D eigenvalue weighted by Crippen LogP contribution is -2.40. The van der Waals surface area contributed by atoms with Crippen LogP contribution in [0.4, 0.5) is 11.5 Å². The van der Waals surface area contributed by atoms with Crippen LogP contribution in [-0.4, -0.2) is 37.9 Å². The van der Waals surface area contributed by atoms with Crippen molar-refractivity contribution < 1.29 is 18.8 Å². The van der Waals surface area contributed by atoms with Crippen molar-refractivity contribution in [1.29, 1.82) is 0 Å². The number of hydrogen-bond donors (Lipinski definition) is 1. The number of benzene rings is 2. The first kappa shape index (κ1) is 17.1. The van der Waals surface area contributed by atoms with E-state index < -0.39 is 5.41 Å². The number of anilines is 2. The number of carbonyl (C=O) groups excluding carboxylic acids is 1. The van der Waals surface area contributed by atoms with E-state index in [1.165, 1.54) is 12.8 Å². The van der Waals surface area contributed by atoms with E-state index in [2.05, 4.69) is 5.16 Å². The van der Waals surface area contributed by atoms with Crippen LogP contribution in [0.1, 0.15) is 24.0 Å². The number of amides is 1. The van der Waals surface area contributed by atoms with Gasteiger partial charge in [0.1, 0.15) is 17.8 Å². The highest BCUT2D eigenvalue weighted by molar-refractivity contribution is 6.11. The van der Waals surface area contributed by atoms with Crippen molar-refractivity contribution in [3.05, 3.63) is 47.5 Å². The van der Waals surface area contributed by atoms with Gasteiger partial charge in [0.05, 0.1) is 5.39 Å². The zero-order chi connectivity index (χ0) is 19.3. The lowest BCUT2D eigenvalue weighted by Gasteiger charge is -2.21. The van der Waals surface area contributed by atoms with E-state index >= 15 is 0 Å². The summed E-state index contributed by atoms with van der Waals surface area (Å²) in [4.78, 5) is 14.8. The summed E-state index contributed by atoms with van der Waals surface area (Å²) < 4.78 is 16.0. The van der Waals surface area contributed by atoms with Crippen LogP contribution < -0.4 is 15.4 Å². The second-order valence-electron chi connectivity index (χ2n) is 7.31. The molecule has 1 amide bonds. The Bertz CT molecular complexity index is 1070. The number of nitrogen functional groups attached to an aromatic ring is 1. The molecule has 1 atom stereocenters. The highest BCUT2D eigenvalue weighted by atomic mass is 16.5. The van der Waals surface area contributed by atoms with E-state index in [0.717, 1.165) is 30.0 Å². The van der Waals surface area contributed by atoms with E-state index in [9.17, 15) is 4.79 Å². The number of fused-ring (bicyclic) bond motifs is 5. The topological polar surface area (TPSA) is 90.8 Å². The Kier molecular flexibility index (Phi) is 3.80. The molecule has 0 aliphatic carbocycles. The second kappa shape index (κ2) is 6.24. The number of nitrogens with zero attached hydrogens (tertiary/aromatic N) is 2. The van der Waals surface area contributed by atoms with Gasteiger partial charge in [0.25, 0.3) is 0 Å². The molecule has 4 heterocycles. The minimum Gasteiger partial charge on any atom is -0.491 e. The van der Waals surface area contributed by atoms with Gasteiger partial charge in [0, 0.05) is 37.6 Å². The summed E-state index contributed by atoms with van der Waals surface area (Å²) in [7, 11) is 1.79. The summed E-state index contributed by atoms with van der Waals surface area (Å²) in [5.74, 6) is 0.968. The van der Waals surface area contributed by atoms with E-state index in [0.29, 0.717) is 22.5 Å². The number of hydrogen-bond acceptors (Lipinski definition) is 6. The molecular formula is C21H21N3O4. The van der Waals surface area contributed by atoms with Crippen molar-refractivity contribution in [2.24, 2.45) is 0 Å². The number of ether oxygens (including phenoxy) is 2. The van der Waals surface area contributed by atoms with Crippen LogP contribution in [0, 0.1) is 0 Å². The van der Waals surface area contributed by atoms with Crippen LogP contribution in [0.2, 0.25) is 0 Å². The summed E-state index contributed by atoms with van der Waals surface area (Å²) in [6.45, 7) is 2.28. The van der Waals surface area contributed by atoms with Crippen LogP contribution >= 0.6 is 0 Å². The Balaban J connectivity index is 0.000000300. The Morgan fingerprint density at radius 3 is 2.68 bits per heavy atom. The summed E-state index contributed by atoms with van der Waals surface area (Å²) in [5, 5.41) is 4.48. The predicted octanol–water partition coefficient (Wildman–Crippen LogP) is 2.86. The third-order valence-corrected chi connectivity index (χ3v) is 5.73. The molecule has 1 saturated heterocycles. The molecule has 1 spiro atoms. The monoisotopic (exact) mass is 379 g/mol. The number of para-hydroxylation sites is 1. The van der Waals surface area contributed by atoms with Crippen molar-refractivity contribution in [2.45, 2.75) is 18.3 Å². The zero-order valence-electron chi connectivity index (χ0n) is 15.6. The Labute approximate surface area is 162 Å². The number of nitrogens with two attached hydrogens (primary N) is 1.